The molecule has 3 aromatic rings. The first kappa shape index (κ1) is 37.3. The van der Waals surface area contributed by atoms with Crippen molar-refractivity contribution in [2.45, 2.75) is 43.1 Å². The molecule has 0 fully saturated rings. The number of ether oxygens (including phenoxy) is 3. The average Bonchev–Trinajstić information content (AvgIpc) is 2.95. The molecule has 3 rings (SSSR count). The zero-order valence-electron chi connectivity index (χ0n) is 22.7. The van der Waals surface area contributed by atoms with Crippen molar-refractivity contribution in [1.82, 2.24) is 5.32 Å². The molecule has 0 spiro atoms. The van der Waals surface area contributed by atoms with Crippen LogP contribution in [0.4, 0.5) is 62.8 Å². The van der Waals surface area contributed by atoms with Crippen LogP contribution in [0.25, 0.3) is 0 Å². The summed E-state index contributed by atoms with van der Waals surface area (Å²) in [5, 5.41) is 3.65. The fraction of sp³-hybridized carbons (Fsp3) is 0.259. The summed E-state index contributed by atoms with van der Waals surface area (Å²) in [6.45, 7) is 0.221. The lowest BCUT2D eigenvalue weighted by atomic mass is 10.1. The summed E-state index contributed by atoms with van der Waals surface area (Å²) in [6.07, 6.45) is -28.0. The van der Waals surface area contributed by atoms with Crippen LogP contribution in [-0.2, 0) is 22.0 Å². The van der Waals surface area contributed by atoms with Gasteiger partial charge in [-0.2, -0.15) is 43.9 Å². The summed E-state index contributed by atoms with van der Waals surface area (Å²) in [5.41, 5.74) is -1.69. The largest absolute Gasteiger partial charge is 0.527 e. The Labute approximate surface area is 260 Å². The molecule has 20 heteroatoms. The fourth-order valence-electron chi connectivity index (χ4n) is 3.41. The van der Waals surface area contributed by atoms with Crippen molar-refractivity contribution in [2.75, 3.05) is 5.32 Å². The number of thiocarbonyl (C=S) groups is 1. The van der Waals surface area contributed by atoms with Gasteiger partial charge in [0.1, 0.15) is 12.4 Å². The number of nitrogens with one attached hydrogen (secondary N) is 2. The highest BCUT2D eigenvalue weighted by Crippen LogP contribution is 2.54. The van der Waals surface area contributed by atoms with E-state index in [-0.39, 0.29) is 24.3 Å². The number of rotatable bonds is 12. The lowest BCUT2D eigenvalue weighted by Gasteiger charge is -2.35. The second-order valence-corrected chi connectivity index (χ2v) is 9.54. The predicted molar refractivity (Wildman–Crippen MR) is 139 cm³/mol. The number of hydrogen-bond acceptors (Lipinski definition) is 5. The van der Waals surface area contributed by atoms with Crippen LogP contribution in [0.3, 0.4) is 0 Å². The van der Waals surface area contributed by atoms with Gasteiger partial charge in [0.05, 0.1) is 0 Å². The highest BCUT2D eigenvalue weighted by atomic mass is 32.1. The monoisotopic (exact) mass is 712 g/mol. The third-order valence-electron chi connectivity index (χ3n) is 5.67. The number of benzene rings is 3. The number of hydrogen-bond donors (Lipinski definition) is 2. The van der Waals surface area contributed by atoms with E-state index in [1.165, 1.54) is 24.3 Å². The molecule has 0 aliphatic heterocycles. The van der Waals surface area contributed by atoms with Crippen molar-refractivity contribution in [1.29, 1.82) is 0 Å². The minimum Gasteiger partial charge on any atom is -0.489 e. The van der Waals surface area contributed by atoms with E-state index >= 15 is 0 Å². The molecule has 0 aromatic heterocycles. The van der Waals surface area contributed by atoms with Crippen LogP contribution < -0.4 is 15.4 Å². The van der Waals surface area contributed by atoms with Crippen molar-refractivity contribution in [3.8, 4) is 5.75 Å². The van der Waals surface area contributed by atoms with Crippen LogP contribution in [0.2, 0.25) is 0 Å². The van der Waals surface area contributed by atoms with Gasteiger partial charge in [0.15, 0.2) is 5.11 Å². The SMILES string of the molecule is O=C(NC(=S)Nc1cccc(C(F)(F)C(F)(F)OC(F)(F)C(F)(F)C(F)(F)OC(F)(F)F)c1)c1ccc(OCc2ccccc2)cc1. The molecule has 3 aromatic carbocycles. The standard InChI is InChI=1S/C27H17F13N2O4S/c28-22(29,24(32,33)45-25(34,35)23(30,31)26(36,37)46-27(38,39)40)17-7-4-8-18(13-17)41-21(47)42-20(43)16-9-11-19(12-10-16)44-14-15-5-2-1-3-6-15/h1-13H,14H2,(H2,41,42,43,47). The Morgan fingerprint density at radius 2 is 1.26 bits per heavy atom. The maximum Gasteiger partial charge on any atom is 0.527 e. The quantitative estimate of drug-likeness (QED) is 0.145. The number of carbonyl (C=O) groups excluding carboxylic acids is 1. The van der Waals surface area contributed by atoms with Gasteiger partial charge in [0, 0.05) is 16.8 Å². The van der Waals surface area contributed by atoms with E-state index in [0.717, 1.165) is 11.6 Å². The Kier molecular flexibility index (Phi) is 10.7. The van der Waals surface area contributed by atoms with Gasteiger partial charge >= 0.3 is 36.5 Å². The summed E-state index contributed by atoms with van der Waals surface area (Å²) in [4.78, 5) is 12.5. The van der Waals surface area contributed by atoms with Crippen molar-refractivity contribution in [3.05, 3.63) is 95.6 Å². The Hall–Kier alpha value is -4.17. The lowest BCUT2D eigenvalue weighted by Crippen LogP contribution is -2.61. The zero-order chi connectivity index (χ0) is 35.5. The predicted octanol–water partition coefficient (Wildman–Crippen LogP) is 8.45. The van der Waals surface area contributed by atoms with Crippen LogP contribution in [0.5, 0.6) is 5.75 Å². The van der Waals surface area contributed by atoms with Gasteiger partial charge in [-0.15, -0.1) is 13.2 Å². The smallest absolute Gasteiger partial charge is 0.489 e. The van der Waals surface area contributed by atoms with Gasteiger partial charge < -0.3 is 10.1 Å². The van der Waals surface area contributed by atoms with Gasteiger partial charge in [-0.25, -0.2) is 9.47 Å². The summed E-state index contributed by atoms with van der Waals surface area (Å²) in [5.74, 6) is -14.0. The van der Waals surface area contributed by atoms with Crippen LogP contribution >= 0.6 is 12.2 Å². The zero-order valence-corrected chi connectivity index (χ0v) is 23.5. The summed E-state index contributed by atoms with van der Waals surface area (Å²) in [7, 11) is 0. The molecule has 0 unspecified atom stereocenters. The third-order valence-corrected chi connectivity index (χ3v) is 5.88. The maximum absolute atomic E-state index is 14.6. The van der Waals surface area contributed by atoms with E-state index in [1.54, 1.807) is 16.9 Å². The number of alkyl halides is 13. The van der Waals surface area contributed by atoms with E-state index in [4.69, 9.17) is 17.0 Å². The lowest BCUT2D eigenvalue weighted by molar-refractivity contribution is -0.535. The molecule has 0 bridgehead atoms. The molecule has 6 nitrogen and oxygen atoms in total. The molecule has 256 valence electrons. The topological polar surface area (TPSA) is 68.8 Å². The molecule has 0 atom stereocenters. The Balaban J connectivity index is 1.67. The van der Waals surface area contributed by atoms with Gasteiger partial charge in [-0.05, 0) is 54.2 Å². The molecule has 47 heavy (non-hydrogen) atoms. The van der Waals surface area contributed by atoms with E-state index in [0.29, 0.717) is 11.8 Å². The van der Waals surface area contributed by atoms with Gasteiger partial charge in [-0.3, -0.25) is 10.1 Å². The fourth-order valence-corrected chi connectivity index (χ4v) is 3.62. The van der Waals surface area contributed by atoms with Crippen LogP contribution in [0.1, 0.15) is 21.5 Å². The first-order valence-electron chi connectivity index (χ1n) is 12.3. The number of carbonyl (C=O) groups is 1. The normalized spacial score (nSPS) is 13.2. The van der Waals surface area contributed by atoms with Crippen LogP contribution in [0.15, 0.2) is 78.9 Å². The Bertz CT molecular complexity index is 1550. The molecule has 0 saturated carbocycles. The molecular formula is C27H17F13N2O4S. The molecule has 0 radical (unpaired) electrons. The maximum atomic E-state index is 14.6. The van der Waals surface area contributed by atoms with Gasteiger partial charge in [0.2, 0.25) is 0 Å². The van der Waals surface area contributed by atoms with E-state index in [9.17, 15) is 61.9 Å². The number of halogens is 13. The first-order valence-corrected chi connectivity index (χ1v) is 12.7. The van der Waals surface area contributed by atoms with E-state index in [2.05, 4.69) is 15.4 Å². The number of anilines is 1. The molecule has 0 heterocycles. The van der Waals surface area contributed by atoms with Gasteiger partial charge in [-0.1, -0.05) is 42.5 Å². The molecule has 1 amide bonds. The second-order valence-electron chi connectivity index (χ2n) is 9.14. The number of amides is 1. The molecule has 0 saturated heterocycles. The minimum absolute atomic E-state index is 0.0160. The van der Waals surface area contributed by atoms with Crippen LogP contribution in [-0.4, -0.2) is 41.6 Å². The van der Waals surface area contributed by atoms with Crippen molar-refractivity contribution in [3.63, 3.8) is 0 Å². The minimum atomic E-state index is -7.54. The highest BCUT2D eigenvalue weighted by Gasteiger charge is 2.80. The highest BCUT2D eigenvalue weighted by molar-refractivity contribution is 7.80. The van der Waals surface area contributed by atoms with Crippen molar-refractivity contribution in [2.24, 2.45) is 0 Å². The average molecular weight is 712 g/mol. The summed E-state index contributed by atoms with van der Waals surface area (Å²) < 4.78 is 183. The van der Waals surface area contributed by atoms with Crippen molar-refractivity contribution < 1.29 is 76.1 Å². The second kappa shape index (κ2) is 13.5. The first-order chi connectivity index (χ1) is 21.5. The third kappa shape index (κ3) is 9.01. The summed E-state index contributed by atoms with van der Waals surface area (Å²) >= 11 is 4.86. The summed E-state index contributed by atoms with van der Waals surface area (Å²) in [6, 6.07) is 16.3. The molecule has 0 aliphatic rings. The Morgan fingerprint density at radius 3 is 1.83 bits per heavy atom. The van der Waals surface area contributed by atoms with Crippen molar-refractivity contribution >= 4 is 28.9 Å². The molecule has 2 N–H and O–H groups in total. The molecule has 0 aliphatic carbocycles. The van der Waals surface area contributed by atoms with E-state index in [1.807, 2.05) is 18.2 Å². The van der Waals surface area contributed by atoms with Gasteiger partial charge in [0.25, 0.3) is 5.91 Å². The van der Waals surface area contributed by atoms with E-state index < -0.39 is 58.8 Å². The Morgan fingerprint density at radius 1 is 0.681 bits per heavy atom. The molecular weight excluding hydrogens is 695 g/mol. The van der Waals surface area contributed by atoms with Crippen LogP contribution in [0, 0.1) is 0 Å².